The zero-order valence-corrected chi connectivity index (χ0v) is 15.2. The quantitative estimate of drug-likeness (QED) is 0.715. The average Bonchev–Trinajstić information content (AvgIpc) is 2.34. The molecule has 0 fully saturated rings. The van der Waals surface area contributed by atoms with Gasteiger partial charge in [0.25, 0.3) is 0 Å². The van der Waals surface area contributed by atoms with E-state index in [0.717, 1.165) is 6.42 Å². The van der Waals surface area contributed by atoms with Crippen molar-refractivity contribution in [1.82, 2.24) is 10.0 Å². The first-order valence-corrected chi connectivity index (χ1v) is 9.22. The Kier molecular flexibility index (Phi) is 7.42. The predicted molar refractivity (Wildman–Crippen MR) is 87.3 cm³/mol. The molecule has 1 amide bonds. The fourth-order valence-corrected chi connectivity index (χ4v) is 4.47. The Bertz CT molecular complexity index is 600. The van der Waals surface area contributed by atoms with Gasteiger partial charge in [0.2, 0.25) is 15.9 Å². The maximum Gasteiger partial charge on any atom is 0.243 e. The summed E-state index contributed by atoms with van der Waals surface area (Å²) in [5.74, 6) is -0.215. The summed E-state index contributed by atoms with van der Waals surface area (Å²) in [5, 5.41) is 2.68. The first kappa shape index (κ1) is 18.7. The molecule has 0 aliphatic rings. The molecule has 1 aromatic carbocycles. The lowest BCUT2D eigenvalue weighted by Crippen LogP contribution is -2.31. The van der Waals surface area contributed by atoms with Crippen LogP contribution in [0.25, 0.3) is 0 Å². The fraction of sp³-hybridized carbons (Fsp3) is 0.417. The Morgan fingerprint density at radius 3 is 2.33 bits per heavy atom. The number of carbonyl (C=O) groups excluding carboxylic acids is 1. The van der Waals surface area contributed by atoms with Gasteiger partial charge < -0.3 is 5.32 Å². The molecule has 0 aromatic heterocycles. The largest absolute Gasteiger partial charge is 0.356 e. The molecule has 0 heterocycles. The third-order valence-electron chi connectivity index (χ3n) is 2.45. The summed E-state index contributed by atoms with van der Waals surface area (Å²) in [5.41, 5.74) is 0. The molecular formula is C12H15BrCl2N2O3S. The van der Waals surface area contributed by atoms with Crippen LogP contribution in [0, 0.1) is 0 Å². The molecular weight excluding hydrogens is 403 g/mol. The van der Waals surface area contributed by atoms with Crippen molar-refractivity contribution in [2.24, 2.45) is 0 Å². The zero-order chi connectivity index (χ0) is 16.0. The van der Waals surface area contributed by atoms with Crippen LogP contribution in [0.5, 0.6) is 0 Å². The second-order valence-corrected chi connectivity index (χ2v) is 7.63. The van der Waals surface area contributed by atoms with Crippen LogP contribution in [0.4, 0.5) is 0 Å². The number of hydrogen-bond acceptors (Lipinski definition) is 3. The summed E-state index contributed by atoms with van der Waals surface area (Å²) in [6.45, 7) is 2.47. The Morgan fingerprint density at radius 2 is 1.81 bits per heavy atom. The number of hydrogen-bond donors (Lipinski definition) is 2. The van der Waals surface area contributed by atoms with Gasteiger partial charge in [-0.05, 0) is 18.6 Å². The topological polar surface area (TPSA) is 75.3 Å². The number of amides is 1. The Labute approximate surface area is 142 Å². The van der Waals surface area contributed by atoms with Crippen molar-refractivity contribution in [3.8, 4) is 0 Å². The molecule has 0 saturated heterocycles. The standard InChI is InChI=1S/C12H15BrCl2N2O3S/c1-2-4-16-11(18)3-5-17-21(19,20)12-9(14)6-8(13)7-10(12)15/h6-7,17H,2-5H2,1H3,(H,16,18). The van der Waals surface area contributed by atoms with Gasteiger partial charge in [-0.2, -0.15) is 0 Å². The van der Waals surface area contributed by atoms with E-state index < -0.39 is 10.0 Å². The van der Waals surface area contributed by atoms with Crippen molar-refractivity contribution in [3.63, 3.8) is 0 Å². The molecule has 0 aliphatic carbocycles. The molecule has 2 N–H and O–H groups in total. The summed E-state index contributed by atoms with van der Waals surface area (Å²) < 4.78 is 27.2. The van der Waals surface area contributed by atoms with E-state index in [9.17, 15) is 13.2 Å². The Hall–Kier alpha value is -0.340. The lowest BCUT2D eigenvalue weighted by Gasteiger charge is -2.10. The summed E-state index contributed by atoms with van der Waals surface area (Å²) in [7, 11) is -3.87. The minimum atomic E-state index is -3.87. The SMILES string of the molecule is CCCNC(=O)CCNS(=O)(=O)c1c(Cl)cc(Br)cc1Cl. The van der Waals surface area contributed by atoms with Crippen molar-refractivity contribution in [3.05, 3.63) is 26.7 Å². The summed E-state index contributed by atoms with van der Waals surface area (Å²) >= 11 is 15.0. The smallest absolute Gasteiger partial charge is 0.243 e. The number of rotatable bonds is 7. The minimum absolute atomic E-state index is 0.0114. The number of benzene rings is 1. The summed E-state index contributed by atoms with van der Waals surface area (Å²) in [6, 6.07) is 2.88. The molecule has 5 nitrogen and oxygen atoms in total. The van der Waals surface area contributed by atoms with Crippen molar-refractivity contribution < 1.29 is 13.2 Å². The minimum Gasteiger partial charge on any atom is -0.356 e. The highest BCUT2D eigenvalue weighted by Crippen LogP contribution is 2.32. The fourth-order valence-electron chi connectivity index (χ4n) is 1.51. The van der Waals surface area contributed by atoms with E-state index in [-0.39, 0.29) is 33.8 Å². The first-order chi connectivity index (χ1) is 9.77. The zero-order valence-electron chi connectivity index (χ0n) is 11.3. The van der Waals surface area contributed by atoms with Crippen LogP contribution in [-0.4, -0.2) is 27.4 Å². The molecule has 0 spiro atoms. The van der Waals surface area contributed by atoms with Crippen molar-refractivity contribution in [2.75, 3.05) is 13.1 Å². The van der Waals surface area contributed by atoms with E-state index in [4.69, 9.17) is 23.2 Å². The molecule has 21 heavy (non-hydrogen) atoms. The van der Waals surface area contributed by atoms with Gasteiger partial charge in [0.15, 0.2) is 0 Å². The highest BCUT2D eigenvalue weighted by Gasteiger charge is 2.22. The van der Waals surface area contributed by atoms with Gasteiger partial charge in [-0.15, -0.1) is 0 Å². The van der Waals surface area contributed by atoms with Gasteiger partial charge in [-0.3, -0.25) is 4.79 Å². The molecule has 118 valence electrons. The Balaban J connectivity index is 2.73. The van der Waals surface area contributed by atoms with Crippen LogP contribution in [0.15, 0.2) is 21.5 Å². The third kappa shape index (κ3) is 5.75. The van der Waals surface area contributed by atoms with Crippen molar-refractivity contribution in [1.29, 1.82) is 0 Å². The van der Waals surface area contributed by atoms with Crippen LogP contribution in [0.1, 0.15) is 19.8 Å². The van der Waals surface area contributed by atoms with E-state index in [1.807, 2.05) is 6.92 Å². The lowest BCUT2D eigenvalue weighted by molar-refractivity contribution is -0.120. The highest BCUT2D eigenvalue weighted by atomic mass is 79.9. The van der Waals surface area contributed by atoms with Crippen LogP contribution in [-0.2, 0) is 14.8 Å². The molecule has 0 radical (unpaired) electrons. The summed E-state index contributed by atoms with van der Waals surface area (Å²) in [4.78, 5) is 11.2. The van der Waals surface area contributed by atoms with Gasteiger partial charge in [0.1, 0.15) is 4.90 Å². The average molecular weight is 418 g/mol. The predicted octanol–water partition coefficient (Wildman–Crippen LogP) is 2.95. The van der Waals surface area contributed by atoms with Gasteiger partial charge in [-0.25, -0.2) is 13.1 Å². The Morgan fingerprint density at radius 1 is 1.24 bits per heavy atom. The van der Waals surface area contributed by atoms with Crippen LogP contribution in [0.2, 0.25) is 10.0 Å². The van der Waals surface area contributed by atoms with Crippen molar-refractivity contribution >= 4 is 55.1 Å². The highest BCUT2D eigenvalue weighted by molar-refractivity contribution is 9.10. The van der Waals surface area contributed by atoms with E-state index in [0.29, 0.717) is 11.0 Å². The number of carbonyl (C=O) groups is 1. The van der Waals surface area contributed by atoms with E-state index in [2.05, 4.69) is 26.0 Å². The van der Waals surface area contributed by atoms with E-state index in [1.165, 1.54) is 12.1 Å². The van der Waals surface area contributed by atoms with Gasteiger partial charge >= 0.3 is 0 Å². The molecule has 0 atom stereocenters. The summed E-state index contributed by atoms with van der Waals surface area (Å²) in [6.07, 6.45) is 0.868. The molecule has 0 unspecified atom stereocenters. The van der Waals surface area contributed by atoms with Crippen LogP contribution in [0.3, 0.4) is 0 Å². The third-order valence-corrected chi connectivity index (χ3v) is 5.29. The second kappa shape index (κ2) is 8.33. The lowest BCUT2D eigenvalue weighted by atomic mass is 10.4. The molecule has 9 heteroatoms. The van der Waals surface area contributed by atoms with Crippen molar-refractivity contribution in [2.45, 2.75) is 24.7 Å². The maximum atomic E-state index is 12.2. The molecule has 1 aromatic rings. The van der Waals surface area contributed by atoms with E-state index >= 15 is 0 Å². The van der Waals surface area contributed by atoms with Gasteiger partial charge in [0.05, 0.1) is 10.0 Å². The number of nitrogens with one attached hydrogen (secondary N) is 2. The monoisotopic (exact) mass is 416 g/mol. The number of sulfonamides is 1. The first-order valence-electron chi connectivity index (χ1n) is 6.19. The second-order valence-electron chi connectivity index (χ2n) is 4.20. The maximum absolute atomic E-state index is 12.2. The number of halogens is 3. The van der Waals surface area contributed by atoms with E-state index in [1.54, 1.807) is 0 Å². The molecule has 1 rings (SSSR count). The molecule has 0 saturated carbocycles. The normalized spacial score (nSPS) is 11.4. The van der Waals surface area contributed by atoms with Gasteiger partial charge in [-0.1, -0.05) is 46.1 Å². The molecule has 0 bridgehead atoms. The van der Waals surface area contributed by atoms with Gasteiger partial charge in [0, 0.05) is 24.0 Å². The molecule has 0 aliphatic heterocycles. The van der Waals surface area contributed by atoms with Crippen LogP contribution < -0.4 is 10.0 Å². The van der Waals surface area contributed by atoms with Crippen LogP contribution >= 0.6 is 39.1 Å².